The summed E-state index contributed by atoms with van der Waals surface area (Å²) in [5.74, 6) is -0.783. The van der Waals surface area contributed by atoms with E-state index in [2.05, 4.69) is 10.5 Å². The van der Waals surface area contributed by atoms with Crippen molar-refractivity contribution >= 4 is 17.8 Å². The van der Waals surface area contributed by atoms with Crippen LogP contribution in [0.4, 0.5) is 18.9 Å². The number of carbonyl (C=O) groups excluding carboxylic acids is 1. The molecule has 10 heteroatoms. The zero-order valence-corrected chi connectivity index (χ0v) is 16.5. The highest BCUT2D eigenvalue weighted by Gasteiger charge is 2.30. The van der Waals surface area contributed by atoms with Crippen LogP contribution in [0.2, 0.25) is 0 Å². The number of benzene rings is 2. The molecule has 1 amide bonds. The Hall–Kier alpha value is -3.95. The molecule has 0 spiro atoms. The second kappa shape index (κ2) is 8.42. The van der Waals surface area contributed by atoms with Gasteiger partial charge in [0.05, 0.1) is 22.4 Å². The van der Waals surface area contributed by atoms with E-state index in [1.54, 1.807) is 29.7 Å². The first-order valence-corrected chi connectivity index (χ1v) is 9.02. The zero-order valence-electron chi connectivity index (χ0n) is 16.5. The molecule has 0 fully saturated rings. The van der Waals surface area contributed by atoms with Crippen molar-refractivity contribution in [2.24, 2.45) is 5.10 Å². The predicted molar refractivity (Wildman–Crippen MR) is 108 cm³/mol. The number of aryl methyl sites for hydroxylation is 1. The van der Waals surface area contributed by atoms with Crippen molar-refractivity contribution in [1.29, 1.82) is 0 Å². The van der Waals surface area contributed by atoms with Gasteiger partial charge in [-0.15, -0.1) is 0 Å². The van der Waals surface area contributed by atoms with E-state index in [1.165, 1.54) is 24.4 Å². The summed E-state index contributed by atoms with van der Waals surface area (Å²) < 4.78 is 40.2. The maximum Gasteiger partial charge on any atom is 0.416 e. The Morgan fingerprint density at radius 3 is 2.52 bits per heavy atom. The van der Waals surface area contributed by atoms with Crippen molar-refractivity contribution in [3.05, 3.63) is 92.8 Å². The van der Waals surface area contributed by atoms with Gasteiger partial charge in [-0.1, -0.05) is 12.1 Å². The van der Waals surface area contributed by atoms with Crippen molar-refractivity contribution < 1.29 is 22.9 Å². The molecule has 0 aliphatic rings. The number of non-ortho nitro benzene ring substituents is 1. The third-order valence-corrected chi connectivity index (χ3v) is 4.59. The van der Waals surface area contributed by atoms with Crippen molar-refractivity contribution in [3.63, 3.8) is 0 Å². The summed E-state index contributed by atoms with van der Waals surface area (Å²) in [6.07, 6.45) is -3.19. The van der Waals surface area contributed by atoms with Crippen LogP contribution in [-0.4, -0.2) is 21.6 Å². The van der Waals surface area contributed by atoms with Gasteiger partial charge in [-0.05, 0) is 44.2 Å². The molecule has 0 atom stereocenters. The number of nitrogens with one attached hydrogen (secondary N) is 1. The Bertz CT molecular complexity index is 1180. The van der Waals surface area contributed by atoms with E-state index in [9.17, 15) is 28.1 Å². The molecule has 0 saturated carbocycles. The average Bonchev–Trinajstić information content (AvgIpc) is 3.00. The van der Waals surface area contributed by atoms with Crippen molar-refractivity contribution in [3.8, 4) is 5.69 Å². The van der Waals surface area contributed by atoms with Crippen LogP contribution in [0.25, 0.3) is 5.69 Å². The second-order valence-corrected chi connectivity index (χ2v) is 6.72. The fraction of sp³-hybridized carbons (Fsp3) is 0.143. The third-order valence-electron chi connectivity index (χ3n) is 4.59. The lowest BCUT2D eigenvalue weighted by Crippen LogP contribution is -2.18. The van der Waals surface area contributed by atoms with Gasteiger partial charge in [0, 0.05) is 34.6 Å². The standard InChI is InChI=1S/C21H17F3N4O3/c1-13-9-16(14(2)27(13)18-7-4-8-19(11-18)28(30)31)12-25-26-20(29)15-5-3-6-17(10-15)21(22,23)24/h3-12H,1-2H3,(H,26,29)/b25-12-. The molecule has 7 nitrogen and oxygen atoms in total. The van der Waals surface area contributed by atoms with E-state index in [0.717, 1.165) is 29.6 Å². The largest absolute Gasteiger partial charge is 0.416 e. The maximum absolute atomic E-state index is 12.8. The van der Waals surface area contributed by atoms with Gasteiger partial charge in [0.1, 0.15) is 0 Å². The number of amides is 1. The molecular weight excluding hydrogens is 413 g/mol. The number of rotatable bonds is 5. The first-order chi connectivity index (χ1) is 14.6. The molecule has 1 aromatic heterocycles. The van der Waals surface area contributed by atoms with Crippen LogP contribution < -0.4 is 5.43 Å². The predicted octanol–water partition coefficient (Wildman–Crippen LogP) is 4.79. The first-order valence-electron chi connectivity index (χ1n) is 9.02. The van der Waals surface area contributed by atoms with Gasteiger partial charge in [-0.25, -0.2) is 5.43 Å². The lowest BCUT2D eigenvalue weighted by molar-refractivity contribution is -0.384. The number of carbonyl (C=O) groups is 1. The minimum atomic E-state index is -4.55. The number of nitrogens with zero attached hydrogens (tertiary/aromatic N) is 3. The monoisotopic (exact) mass is 430 g/mol. The molecule has 2 aromatic carbocycles. The van der Waals surface area contributed by atoms with Crippen LogP contribution in [0.1, 0.15) is 32.9 Å². The number of halogens is 3. The van der Waals surface area contributed by atoms with E-state index in [1.807, 2.05) is 6.92 Å². The van der Waals surface area contributed by atoms with Crippen LogP contribution in [0.15, 0.2) is 59.7 Å². The molecule has 0 unspecified atom stereocenters. The van der Waals surface area contributed by atoms with Gasteiger partial charge >= 0.3 is 6.18 Å². The smallest absolute Gasteiger partial charge is 0.318 e. The summed E-state index contributed by atoms with van der Waals surface area (Å²) in [4.78, 5) is 22.7. The molecule has 160 valence electrons. The van der Waals surface area contributed by atoms with Gasteiger partial charge in [0.25, 0.3) is 11.6 Å². The molecule has 0 radical (unpaired) electrons. The Labute approximate surface area is 175 Å². The number of hydrogen-bond donors (Lipinski definition) is 1. The summed E-state index contributed by atoms with van der Waals surface area (Å²) in [5, 5.41) is 14.9. The molecular formula is C21H17F3N4O3. The molecule has 3 aromatic rings. The summed E-state index contributed by atoms with van der Waals surface area (Å²) in [7, 11) is 0. The molecule has 0 aliphatic carbocycles. The lowest BCUT2D eigenvalue weighted by atomic mass is 10.1. The average molecular weight is 430 g/mol. The quantitative estimate of drug-likeness (QED) is 0.359. The molecule has 0 bridgehead atoms. The third kappa shape index (κ3) is 4.80. The zero-order chi connectivity index (χ0) is 22.8. The second-order valence-electron chi connectivity index (χ2n) is 6.72. The highest BCUT2D eigenvalue weighted by molar-refractivity contribution is 5.95. The topological polar surface area (TPSA) is 89.5 Å². The molecule has 3 rings (SSSR count). The minimum absolute atomic E-state index is 0.0476. The normalized spacial score (nSPS) is 11.6. The van der Waals surface area contributed by atoms with Gasteiger partial charge in [-0.3, -0.25) is 14.9 Å². The van der Waals surface area contributed by atoms with E-state index < -0.39 is 22.6 Å². The van der Waals surface area contributed by atoms with Crippen molar-refractivity contribution in [1.82, 2.24) is 9.99 Å². The van der Waals surface area contributed by atoms with Crippen LogP contribution in [-0.2, 0) is 6.18 Å². The number of nitro benzene ring substituents is 1. The lowest BCUT2D eigenvalue weighted by Gasteiger charge is -2.09. The fourth-order valence-electron chi connectivity index (χ4n) is 3.12. The van der Waals surface area contributed by atoms with Gasteiger partial charge in [0.2, 0.25) is 0 Å². The van der Waals surface area contributed by atoms with Gasteiger partial charge in [-0.2, -0.15) is 18.3 Å². The molecule has 1 heterocycles. The molecule has 0 saturated heterocycles. The Morgan fingerprint density at radius 2 is 1.84 bits per heavy atom. The minimum Gasteiger partial charge on any atom is -0.318 e. The number of alkyl halides is 3. The number of aromatic nitrogens is 1. The Morgan fingerprint density at radius 1 is 1.13 bits per heavy atom. The summed E-state index contributed by atoms with van der Waals surface area (Å²) in [6, 6.07) is 11.9. The molecule has 0 aliphatic heterocycles. The van der Waals surface area contributed by atoms with E-state index in [0.29, 0.717) is 11.3 Å². The van der Waals surface area contributed by atoms with Gasteiger partial charge < -0.3 is 4.57 Å². The van der Waals surface area contributed by atoms with Crippen LogP contribution in [0.3, 0.4) is 0 Å². The van der Waals surface area contributed by atoms with Crippen molar-refractivity contribution in [2.45, 2.75) is 20.0 Å². The van der Waals surface area contributed by atoms with E-state index >= 15 is 0 Å². The number of hydrogen-bond acceptors (Lipinski definition) is 4. The molecule has 31 heavy (non-hydrogen) atoms. The number of nitro groups is 1. The van der Waals surface area contributed by atoms with Gasteiger partial charge in [0.15, 0.2) is 0 Å². The Kier molecular flexibility index (Phi) is 5.91. The van der Waals surface area contributed by atoms with Crippen LogP contribution in [0.5, 0.6) is 0 Å². The SMILES string of the molecule is Cc1cc(/C=N\NC(=O)c2cccc(C(F)(F)F)c2)c(C)n1-c1cccc([N+](=O)[O-])c1. The van der Waals surface area contributed by atoms with Crippen molar-refractivity contribution in [2.75, 3.05) is 0 Å². The summed E-state index contributed by atoms with van der Waals surface area (Å²) in [6.45, 7) is 3.59. The summed E-state index contributed by atoms with van der Waals surface area (Å²) in [5.41, 5.74) is 3.79. The summed E-state index contributed by atoms with van der Waals surface area (Å²) >= 11 is 0. The highest BCUT2D eigenvalue weighted by atomic mass is 19.4. The van der Waals surface area contributed by atoms with E-state index in [4.69, 9.17) is 0 Å². The fourth-order valence-corrected chi connectivity index (χ4v) is 3.12. The highest BCUT2D eigenvalue weighted by Crippen LogP contribution is 2.29. The van der Waals surface area contributed by atoms with Crippen LogP contribution >= 0.6 is 0 Å². The van der Waals surface area contributed by atoms with Crippen LogP contribution in [0, 0.1) is 24.0 Å². The molecule has 1 N–H and O–H groups in total. The Balaban J connectivity index is 1.80. The van der Waals surface area contributed by atoms with E-state index in [-0.39, 0.29) is 11.3 Å². The first kappa shape index (κ1) is 21.8. The maximum atomic E-state index is 12.8. The number of hydrazone groups is 1.